The van der Waals surface area contributed by atoms with Crippen molar-refractivity contribution in [2.45, 2.75) is 24.7 Å². The molecule has 7 heteroatoms. The fraction of sp³-hybridized carbons (Fsp3) is 0.172. The fourth-order valence-electron chi connectivity index (χ4n) is 5.55. The second-order valence-electron chi connectivity index (χ2n) is 9.12. The lowest BCUT2D eigenvalue weighted by atomic mass is 9.56. The molecule has 3 aromatic carbocycles. The van der Waals surface area contributed by atoms with E-state index in [-0.39, 0.29) is 5.75 Å². The van der Waals surface area contributed by atoms with Crippen molar-refractivity contribution in [1.82, 2.24) is 5.01 Å². The average molecular weight is 503 g/mol. The highest BCUT2D eigenvalue weighted by Crippen LogP contribution is 2.58. The molecule has 0 radical (unpaired) electrons. The number of para-hydroxylation sites is 1. The van der Waals surface area contributed by atoms with E-state index in [1.54, 1.807) is 49.4 Å². The molecule has 0 aromatic heterocycles. The Hall–Kier alpha value is -3.90. The largest absolute Gasteiger partial charge is 0.507 e. The van der Waals surface area contributed by atoms with Gasteiger partial charge in [0.25, 0.3) is 11.8 Å². The third kappa shape index (κ3) is 3.52. The van der Waals surface area contributed by atoms with Crippen molar-refractivity contribution in [3.05, 3.63) is 119 Å². The summed E-state index contributed by atoms with van der Waals surface area (Å²) >= 11 is 6.19. The highest BCUT2D eigenvalue weighted by molar-refractivity contribution is 6.30. The Labute approximate surface area is 213 Å². The number of carbonyl (C=O) groups is 2. The molecule has 1 heterocycles. The summed E-state index contributed by atoms with van der Waals surface area (Å²) in [5.74, 6) is -2.69. The van der Waals surface area contributed by atoms with Crippen molar-refractivity contribution >= 4 is 29.1 Å². The summed E-state index contributed by atoms with van der Waals surface area (Å²) in [6.07, 6.45) is 3.89. The van der Waals surface area contributed by atoms with Crippen LogP contribution in [0, 0.1) is 18.7 Å². The maximum Gasteiger partial charge on any atom is 0.260 e. The van der Waals surface area contributed by atoms with Crippen LogP contribution in [-0.2, 0) is 15.0 Å². The first-order valence-electron chi connectivity index (χ1n) is 11.6. The van der Waals surface area contributed by atoms with Gasteiger partial charge in [-0.1, -0.05) is 60.7 Å². The summed E-state index contributed by atoms with van der Waals surface area (Å²) in [5.41, 5.74) is 4.45. The minimum Gasteiger partial charge on any atom is -0.507 e. The first kappa shape index (κ1) is 23.8. The quantitative estimate of drug-likeness (QED) is 0.417. The highest BCUT2D eigenvalue weighted by atomic mass is 35.5. The van der Waals surface area contributed by atoms with Crippen molar-refractivity contribution in [2.75, 3.05) is 5.43 Å². The van der Waals surface area contributed by atoms with Gasteiger partial charge in [-0.2, -0.15) is 5.01 Å². The van der Waals surface area contributed by atoms with Crippen molar-refractivity contribution in [1.29, 1.82) is 0 Å². The number of rotatable bonds is 5. The predicted molar refractivity (Wildman–Crippen MR) is 137 cm³/mol. The number of aryl methyl sites for hydroxylation is 1. The number of nitrogens with zero attached hydrogens (tertiary/aromatic N) is 1. The molecule has 1 saturated heterocycles. The van der Waals surface area contributed by atoms with E-state index in [9.17, 15) is 19.1 Å². The maximum absolute atomic E-state index is 14.5. The van der Waals surface area contributed by atoms with Crippen LogP contribution in [-0.4, -0.2) is 21.9 Å². The van der Waals surface area contributed by atoms with E-state index in [1.165, 1.54) is 24.3 Å². The van der Waals surface area contributed by atoms with Gasteiger partial charge in [0.1, 0.15) is 11.6 Å². The number of allylic oxidation sites excluding steroid dienone is 3. The molecule has 36 heavy (non-hydrogen) atoms. The van der Waals surface area contributed by atoms with E-state index >= 15 is 0 Å². The zero-order valence-corrected chi connectivity index (χ0v) is 20.3. The van der Waals surface area contributed by atoms with E-state index < -0.39 is 34.9 Å². The SMILES string of the molecule is C=CC1=CC[C@H]2C(=O)N(Nc3ccc(F)cc3)C(=O)[C@@]2(c2ccc(Cl)cc2)[C@H]1c1cccc(C)c1O. The number of phenolic OH excluding ortho intramolecular Hbond substituents is 1. The smallest absolute Gasteiger partial charge is 0.260 e. The number of nitrogens with one attached hydrogen (secondary N) is 1. The van der Waals surface area contributed by atoms with Crippen LogP contribution in [0.5, 0.6) is 5.75 Å². The molecule has 2 aliphatic rings. The number of anilines is 1. The number of benzene rings is 3. The van der Waals surface area contributed by atoms with Crippen LogP contribution < -0.4 is 5.43 Å². The minimum absolute atomic E-state index is 0.0643. The number of hydrogen-bond donors (Lipinski definition) is 2. The Morgan fingerprint density at radius 2 is 1.81 bits per heavy atom. The molecule has 2 N–H and O–H groups in total. The predicted octanol–water partition coefficient (Wildman–Crippen LogP) is 6.04. The van der Waals surface area contributed by atoms with E-state index in [2.05, 4.69) is 12.0 Å². The van der Waals surface area contributed by atoms with Gasteiger partial charge in [-0.3, -0.25) is 15.0 Å². The summed E-state index contributed by atoms with van der Waals surface area (Å²) < 4.78 is 13.5. The summed E-state index contributed by atoms with van der Waals surface area (Å²) in [5, 5.41) is 12.6. The van der Waals surface area contributed by atoms with Crippen molar-refractivity contribution in [3.63, 3.8) is 0 Å². The summed E-state index contributed by atoms with van der Waals surface area (Å²) in [6.45, 7) is 5.76. The Balaban J connectivity index is 1.75. The molecule has 3 atom stereocenters. The summed E-state index contributed by atoms with van der Waals surface area (Å²) in [7, 11) is 0. The van der Waals surface area contributed by atoms with E-state index in [0.717, 1.165) is 10.6 Å². The molecule has 0 saturated carbocycles. The number of hydrogen-bond acceptors (Lipinski definition) is 4. The molecular weight excluding hydrogens is 479 g/mol. The monoisotopic (exact) mass is 502 g/mol. The van der Waals surface area contributed by atoms with Crippen LogP contribution in [0.2, 0.25) is 5.02 Å². The Kier molecular flexibility index (Phi) is 5.92. The molecular formula is C29H24ClFN2O3. The third-order valence-electron chi connectivity index (χ3n) is 7.23. The number of phenols is 1. The molecule has 1 aliphatic heterocycles. The molecule has 1 fully saturated rings. The fourth-order valence-corrected chi connectivity index (χ4v) is 5.67. The number of halogens is 2. The number of hydrazine groups is 1. The van der Waals surface area contributed by atoms with Gasteiger partial charge in [0.2, 0.25) is 0 Å². The Bertz CT molecular complexity index is 1400. The standard InChI is InChI=1S/C29H24ClFN2O3/c1-3-18-7-16-24-27(35)33(32-22-14-12-21(31)13-15-22)28(36)29(24,19-8-10-20(30)11-9-19)25(18)23-6-4-5-17(2)26(23)34/h3-15,24-25,32,34H,1,16H2,2H3/t24-,25+,29+/m0/s1. The molecule has 0 unspecified atom stereocenters. The normalized spacial score (nSPS) is 23.3. The number of fused-ring (bicyclic) bond motifs is 1. The summed E-state index contributed by atoms with van der Waals surface area (Å²) in [4.78, 5) is 28.3. The molecule has 182 valence electrons. The first-order chi connectivity index (χ1) is 17.3. The minimum atomic E-state index is -1.38. The van der Waals surface area contributed by atoms with Crippen LogP contribution in [0.25, 0.3) is 0 Å². The van der Waals surface area contributed by atoms with E-state index in [0.29, 0.717) is 33.8 Å². The zero-order valence-electron chi connectivity index (χ0n) is 19.5. The number of carbonyl (C=O) groups excluding carboxylic acids is 2. The van der Waals surface area contributed by atoms with Gasteiger partial charge in [0.05, 0.1) is 17.0 Å². The van der Waals surface area contributed by atoms with Gasteiger partial charge in [0, 0.05) is 16.5 Å². The number of imide groups is 1. The molecule has 0 spiro atoms. The van der Waals surface area contributed by atoms with Crippen molar-refractivity contribution in [2.24, 2.45) is 5.92 Å². The molecule has 0 bridgehead atoms. The van der Waals surface area contributed by atoms with E-state index in [4.69, 9.17) is 11.6 Å². The van der Waals surface area contributed by atoms with Crippen LogP contribution in [0.4, 0.5) is 10.1 Å². The van der Waals surface area contributed by atoms with Gasteiger partial charge in [0.15, 0.2) is 0 Å². The van der Waals surface area contributed by atoms with Crippen LogP contribution >= 0.6 is 11.6 Å². The second kappa shape index (κ2) is 8.95. The third-order valence-corrected chi connectivity index (χ3v) is 7.48. The lowest BCUT2D eigenvalue weighted by Crippen LogP contribution is -2.48. The van der Waals surface area contributed by atoms with Crippen molar-refractivity contribution in [3.8, 4) is 5.75 Å². The number of amides is 2. The highest BCUT2D eigenvalue weighted by Gasteiger charge is 2.66. The Morgan fingerprint density at radius 1 is 1.11 bits per heavy atom. The molecule has 3 aromatic rings. The zero-order chi connectivity index (χ0) is 25.6. The van der Waals surface area contributed by atoms with Gasteiger partial charge < -0.3 is 5.11 Å². The van der Waals surface area contributed by atoms with Crippen molar-refractivity contribution < 1.29 is 19.1 Å². The molecule has 1 aliphatic carbocycles. The first-order valence-corrected chi connectivity index (χ1v) is 11.9. The lowest BCUT2D eigenvalue weighted by Gasteiger charge is -2.43. The molecule has 2 amide bonds. The van der Waals surface area contributed by atoms with Gasteiger partial charge >= 0.3 is 0 Å². The molecule has 5 nitrogen and oxygen atoms in total. The van der Waals surface area contributed by atoms with Gasteiger partial charge in [-0.15, -0.1) is 0 Å². The molecule has 5 rings (SSSR count). The topological polar surface area (TPSA) is 69.6 Å². The number of aromatic hydroxyl groups is 1. The van der Waals surface area contributed by atoms with Crippen LogP contribution in [0.1, 0.15) is 29.0 Å². The van der Waals surface area contributed by atoms with Crippen LogP contribution in [0.3, 0.4) is 0 Å². The van der Waals surface area contributed by atoms with Crippen LogP contribution in [0.15, 0.2) is 91.0 Å². The summed E-state index contributed by atoms with van der Waals surface area (Å²) in [6, 6.07) is 17.7. The Morgan fingerprint density at radius 3 is 2.47 bits per heavy atom. The average Bonchev–Trinajstić information content (AvgIpc) is 3.09. The van der Waals surface area contributed by atoms with Gasteiger partial charge in [-0.05, 0) is 66.4 Å². The maximum atomic E-state index is 14.5. The lowest BCUT2D eigenvalue weighted by molar-refractivity contribution is -0.138. The van der Waals surface area contributed by atoms with E-state index in [1.807, 2.05) is 12.1 Å². The van der Waals surface area contributed by atoms with Gasteiger partial charge in [-0.25, -0.2) is 4.39 Å². The second-order valence-corrected chi connectivity index (χ2v) is 9.55.